The summed E-state index contributed by atoms with van der Waals surface area (Å²) in [6.07, 6.45) is 0.194. The highest BCUT2D eigenvalue weighted by molar-refractivity contribution is 4.46. The van der Waals surface area contributed by atoms with Gasteiger partial charge in [-0.25, -0.2) is 0 Å². The lowest BCUT2D eigenvalue weighted by atomic mass is 10.6. The van der Waals surface area contributed by atoms with E-state index in [1.54, 1.807) is 6.61 Å². The first kappa shape index (κ1) is 7.92. The summed E-state index contributed by atoms with van der Waals surface area (Å²) in [7, 11) is 3.96. The monoisotopic (exact) mass is 116 g/mol. The predicted octanol–water partition coefficient (Wildman–Crippen LogP) is 1.09. The fourth-order valence-electron chi connectivity index (χ4n) is 0.319. The normalized spacial score (nSPS) is 14.6. The second-order valence-electron chi connectivity index (χ2n) is 1.93. The smallest absolute Gasteiger partial charge is 0.107 e. The average molecular weight is 116 g/mol. The zero-order valence-electron chi connectivity index (χ0n) is 6.01. The third-order valence-electron chi connectivity index (χ3n) is 1.06. The van der Waals surface area contributed by atoms with Crippen molar-refractivity contribution >= 4 is 0 Å². The molecule has 8 heavy (non-hydrogen) atoms. The van der Waals surface area contributed by atoms with E-state index < -0.39 is 0 Å². The van der Waals surface area contributed by atoms with E-state index in [-0.39, 0.29) is 6.23 Å². The average Bonchev–Trinajstić information content (AvgIpc) is 1.67. The number of hydrogen-bond acceptors (Lipinski definition) is 2. The molecule has 0 amide bonds. The highest BCUT2D eigenvalue weighted by Gasteiger charge is 2.00. The lowest BCUT2D eigenvalue weighted by molar-refractivity contribution is 0.0167. The van der Waals surface area contributed by atoms with Crippen LogP contribution >= 0.6 is 0 Å². The van der Waals surface area contributed by atoms with Crippen molar-refractivity contribution in [1.82, 2.24) is 4.90 Å². The number of ether oxygens (including phenoxy) is 1. The zero-order chi connectivity index (χ0) is 6.57. The summed E-state index contributed by atoms with van der Waals surface area (Å²) in [5, 5.41) is 0. The molecule has 1 atom stereocenters. The molecular weight excluding hydrogens is 102 g/mol. The zero-order valence-corrected chi connectivity index (χ0v) is 6.01. The molecule has 0 saturated heterocycles. The van der Waals surface area contributed by atoms with Gasteiger partial charge in [0.25, 0.3) is 0 Å². The number of rotatable bonds is 3. The summed E-state index contributed by atoms with van der Waals surface area (Å²) in [6, 6.07) is 0. The highest BCUT2D eigenvalue weighted by atomic mass is 16.5. The van der Waals surface area contributed by atoms with Gasteiger partial charge in [0, 0.05) is 0 Å². The molecule has 0 aliphatic rings. The van der Waals surface area contributed by atoms with Gasteiger partial charge >= 0.3 is 0 Å². The fourth-order valence-corrected chi connectivity index (χ4v) is 0.319. The van der Waals surface area contributed by atoms with Gasteiger partial charge in [-0.15, -0.1) is 0 Å². The van der Waals surface area contributed by atoms with E-state index in [1.807, 2.05) is 32.8 Å². The molecule has 2 heteroatoms. The van der Waals surface area contributed by atoms with Crippen molar-refractivity contribution < 1.29 is 4.74 Å². The van der Waals surface area contributed by atoms with Crippen LogP contribution in [0.5, 0.6) is 0 Å². The van der Waals surface area contributed by atoms with Crippen molar-refractivity contribution in [3.05, 3.63) is 6.61 Å². The third-order valence-corrected chi connectivity index (χ3v) is 1.06. The maximum absolute atomic E-state index is 5.10. The Morgan fingerprint density at radius 1 is 1.50 bits per heavy atom. The maximum Gasteiger partial charge on any atom is 0.107 e. The van der Waals surface area contributed by atoms with Crippen LogP contribution in [-0.2, 0) is 4.74 Å². The van der Waals surface area contributed by atoms with Crippen LogP contribution in [-0.4, -0.2) is 25.2 Å². The maximum atomic E-state index is 5.10. The molecule has 0 N–H and O–H groups in total. The molecule has 0 bridgehead atoms. The second-order valence-corrected chi connectivity index (χ2v) is 1.93. The van der Waals surface area contributed by atoms with E-state index in [0.29, 0.717) is 0 Å². The molecule has 0 aromatic heterocycles. The minimum atomic E-state index is 0.194. The standard InChI is InChI=1S/C6H14NO/c1-5-8-6(2)7(3)4/h5-6H,1-4H3. The van der Waals surface area contributed by atoms with E-state index in [4.69, 9.17) is 4.74 Å². The topological polar surface area (TPSA) is 12.5 Å². The van der Waals surface area contributed by atoms with Crippen molar-refractivity contribution in [3.63, 3.8) is 0 Å². The Hall–Kier alpha value is -0.0800. The highest BCUT2D eigenvalue weighted by Crippen LogP contribution is 1.94. The van der Waals surface area contributed by atoms with Crippen LogP contribution in [0.1, 0.15) is 13.8 Å². The fraction of sp³-hybridized carbons (Fsp3) is 0.833. The molecule has 2 nitrogen and oxygen atoms in total. The van der Waals surface area contributed by atoms with Crippen LogP contribution in [0, 0.1) is 6.61 Å². The van der Waals surface area contributed by atoms with Crippen molar-refractivity contribution in [3.8, 4) is 0 Å². The molecular formula is C6H14NO. The van der Waals surface area contributed by atoms with Crippen LogP contribution < -0.4 is 0 Å². The molecule has 0 saturated carbocycles. The van der Waals surface area contributed by atoms with Crippen LogP contribution in [0.15, 0.2) is 0 Å². The summed E-state index contributed by atoms with van der Waals surface area (Å²) in [5.41, 5.74) is 0. The van der Waals surface area contributed by atoms with Crippen molar-refractivity contribution in [2.24, 2.45) is 0 Å². The Balaban J connectivity index is 3.17. The largest absolute Gasteiger partial charge is 0.358 e. The van der Waals surface area contributed by atoms with Gasteiger partial charge in [0.05, 0.1) is 6.61 Å². The Kier molecular flexibility index (Phi) is 3.83. The van der Waals surface area contributed by atoms with Crippen LogP contribution in [0.2, 0.25) is 0 Å². The van der Waals surface area contributed by atoms with Gasteiger partial charge in [-0.1, -0.05) is 0 Å². The van der Waals surface area contributed by atoms with Gasteiger partial charge in [-0.3, -0.25) is 4.90 Å². The summed E-state index contributed by atoms with van der Waals surface area (Å²) in [6.45, 7) is 5.57. The van der Waals surface area contributed by atoms with Gasteiger partial charge in [0.1, 0.15) is 6.23 Å². The van der Waals surface area contributed by atoms with Crippen LogP contribution in [0.3, 0.4) is 0 Å². The number of hydrogen-bond donors (Lipinski definition) is 0. The van der Waals surface area contributed by atoms with Crippen LogP contribution in [0.25, 0.3) is 0 Å². The van der Waals surface area contributed by atoms with Crippen molar-refractivity contribution in [2.75, 3.05) is 14.1 Å². The molecule has 0 aliphatic heterocycles. The van der Waals surface area contributed by atoms with Gasteiger partial charge in [0.15, 0.2) is 0 Å². The van der Waals surface area contributed by atoms with E-state index in [0.717, 1.165) is 0 Å². The summed E-state index contributed by atoms with van der Waals surface area (Å²) in [4.78, 5) is 2.00. The molecule has 49 valence electrons. The Morgan fingerprint density at radius 3 is 2.12 bits per heavy atom. The summed E-state index contributed by atoms with van der Waals surface area (Å²) < 4.78 is 5.10. The first-order valence-electron chi connectivity index (χ1n) is 2.78. The first-order valence-corrected chi connectivity index (χ1v) is 2.78. The summed E-state index contributed by atoms with van der Waals surface area (Å²) in [5.74, 6) is 0. The van der Waals surface area contributed by atoms with E-state index in [9.17, 15) is 0 Å². The lowest BCUT2D eigenvalue weighted by Gasteiger charge is -2.18. The minimum Gasteiger partial charge on any atom is -0.358 e. The van der Waals surface area contributed by atoms with Gasteiger partial charge < -0.3 is 4.74 Å². The van der Waals surface area contributed by atoms with Gasteiger partial charge in [-0.2, -0.15) is 0 Å². The Morgan fingerprint density at radius 2 is 2.00 bits per heavy atom. The number of nitrogens with zero attached hydrogens (tertiary/aromatic N) is 1. The van der Waals surface area contributed by atoms with Crippen LogP contribution in [0.4, 0.5) is 0 Å². The SMILES string of the molecule is C[CH]OC(C)N(C)C. The molecule has 0 aromatic rings. The molecule has 0 spiro atoms. The van der Waals surface area contributed by atoms with Crippen molar-refractivity contribution in [1.29, 1.82) is 0 Å². The van der Waals surface area contributed by atoms with E-state index in [2.05, 4.69) is 0 Å². The molecule has 0 fully saturated rings. The molecule has 0 aromatic carbocycles. The van der Waals surface area contributed by atoms with Crippen molar-refractivity contribution in [2.45, 2.75) is 20.1 Å². The second kappa shape index (κ2) is 3.87. The lowest BCUT2D eigenvalue weighted by Crippen LogP contribution is -2.26. The van der Waals surface area contributed by atoms with Gasteiger partial charge in [-0.05, 0) is 27.9 Å². The Labute approximate surface area is 51.4 Å². The molecule has 0 aliphatic carbocycles. The molecule has 1 radical (unpaired) electrons. The molecule has 0 rings (SSSR count). The molecule has 1 unspecified atom stereocenters. The van der Waals surface area contributed by atoms with Gasteiger partial charge in [0.2, 0.25) is 0 Å². The Bertz CT molecular complexity index is 54.5. The molecule has 0 heterocycles. The predicted molar refractivity (Wildman–Crippen MR) is 34.2 cm³/mol. The quantitative estimate of drug-likeness (QED) is 0.512. The van der Waals surface area contributed by atoms with E-state index >= 15 is 0 Å². The first-order chi connectivity index (χ1) is 3.68. The minimum absolute atomic E-state index is 0.194. The summed E-state index contributed by atoms with van der Waals surface area (Å²) >= 11 is 0. The van der Waals surface area contributed by atoms with E-state index in [1.165, 1.54) is 0 Å². The third kappa shape index (κ3) is 2.99.